The van der Waals surface area contributed by atoms with Crippen molar-refractivity contribution in [3.8, 4) is 17.1 Å². The number of anilines is 1. The summed E-state index contributed by atoms with van der Waals surface area (Å²) >= 11 is 1.22. The number of hydrogen-bond donors (Lipinski definition) is 1. The lowest BCUT2D eigenvalue weighted by molar-refractivity contribution is -0.113. The van der Waals surface area contributed by atoms with Gasteiger partial charge in [-0.15, -0.1) is 10.2 Å². The van der Waals surface area contributed by atoms with E-state index in [0.29, 0.717) is 23.3 Å². The van der Waals surface area contributed by atoms with Crippen LogP contribution in [0.15, 0.2) is 47.6 Å². The van der Waals surface area contributed by atoms with Crippen LogP contribution in [0.1, 0.15) is 27.6 Å². The minimum absolute atomic E-state index is 0.0340. The highest BCUT2D eigenvalue weighted by Gasteiger charge is 2.17. The van der Waals surface area contributed by atoms with Gasteiger partial charge in [0.2, 0.25) is 5.91 Å². The zero-order valence-electron chi connectivity index (χ0n) is 19.2. The number of ether oxygens (including phenoxy) is 3. The molecule has 3 aromatic rings. The Kier molecular flexibility index (Phi) is 8.25. The number of carbonyl (C=O) groups excluding carboxylic acids is 3. The molecule has 0 aliphatic heterocycles. The molecule has 1 amide bonds. The van der Waals surface area contributed by atoms with Crippen molar-refractivity contribution in [3.05, 3.63) is 53.6 Å². The first-order valence-corrected chi connectivity index (χ1v) is 11.2. The molecule has 2 aromatic carbocycles. The summed E-state index contributed by atoms with van der Waals surface area (Å²) in [4.78, 5) is 36.5. The summed E-state index contributed by atoms with van der Waals surface area (Å²) in [6.07, 6.45) is 0. The number of hydrogen-bond acceptors (Lipinski definition) is 9. The highest BCUT2D eigenvalue weighted by molar-refractivity contribution is 7.99. The molecule has 0 aliphatic rings. The van der Waals surface area contributed by atoms with Crippen LogP contribution in [0.4, 0.5) is 5.69 Å². The first kappa shape index (κ1) is 24.8. The van der Waals surface area contributed by atoms with E-state index in [1.807, 2.05) is 35.8 Å². The van der Waals surface area contributed by atoms with E-state index in [4.69, 9.17) is 14.2 Å². The number of esters is 2. The standard InChI is InChI=1S/C23H24N4O6S/c1-5-27-20(14-7-6-8-18(12-14)31-2)25-26-23(27)34-13-19(28)24-17-10-15(21(29)32-3)9-16(11-17)22(30)33-4/h6-12H,5,13H2,1-4H3,(H,24,28). The van der Waals surface area contributed by atoms with Crippen molar-refractivity contribution in [2.24, 2.45) is 0 Å². The van der Waals surface area contributed by atoms with E-state index >= 15 is 0 Å². The van der Waals surface area contributed by atoms with Crippen LogP contribution in [0.2, 0.25) is 0 Å². The summed E-state index contributed by atoms with van der Waals surface area (Å²) in [6, 6.07) is 11.7. The first-order chi connectivity index (χ1) is 16.4. The number of carbonyl (C=O) groups is 3. The van der Waals surface area contributed by atoms with E-state index < -0.39 is 11.9 Å². The molecule has 178 valence electrons. The van der Waals surface area contributed by atoms with Gasteiger partial charge >= 0.3 is 11.9 Å². The molecule has 0 atom stereocenters. The van der Waals surface area contributed by atoms with Gasteiger partial charge < -0.3 is 24.1 Å². The van der Waals surface area contributed by atoms with E-state index in [2.05, 4.69) is 15.5 Å². The second-order valence-electron chi connectivity index (χ2n) is 6.90. The molecular formula is C23H24N4O6S. The van der Waals surface area contributed by atoms with Gasteiger partial charge in [0.15, 0.2) is 11.0 Å². The maximum atomic E-state index is 12.6. The molecule has 1 N–H and O–H groups in total. The highest BCUT2D eigenvalue weighted by Crippen LogP contribution is 2.26. The molecular weight excluding hydrogens is 460 g/mol. The summed E-state index contributed by atoms with van der Waals surface area (Å²) in [5.41, 5.74) is 1.34. The molecule has 0 bridgehead atoms. The van der Waals surface area contributed by atoms with Crippen molar-refractivity contribution < 1.29 is 28.6 Å². The highest BCUT2D eigenvalue weighted by atomic mass is 32.2. The van der Waals surface area contributed by atoms with Crippen LogP contribution in [0, 0.1) is 0 Å². The van der Waals surface area contributed by atoms with Crippen molar-refractivity contribution in [2.45, 2.75) is 18.6 Å². The Labute approximate surface area is 200 Å². The van der Waals surface area contributed by atoms with Crippen LogP contribution in [-0.4, -0.2) is 59.7 Å². The van der Waals surface area contributed by atoms with Crippen LogP contribution in [0.25, 0.3) is 11.4 Å². The third kappa shape index (κ3) is 5.73. The summed E-state index contributed by atoms with van der Waals surface area (Å²) in [6.45, 7) is 2.57. The molecule has 11 heteroatoms. The fourth-order valence-electron chi connectivity index (χ4n) is 3.15. The average Bonchev–Trinajstić information content (AvgIpc) is 3.29. The molecule has 34 heavy (non-hydrogen) atoms. The van der Waals surface area contributed by atoms with Crippen LogP contribution < -0.4 is 10.1 Å². The van der Waals surface area contributed by atoms with Crippen molar-refractivity contribution in [1.82, 2.24) is 14.8 Å². The van der Waals surface area contributed by atoms with E-state index in [-0.39, 0.29) is 28.5 Å². The largest absolute Gasteiger partial charge is 0.497 e. The Morgan fingerprint density at radius 2 is 1.65 bits per heavy atom. The van der Waals surface area contributed by atoms with Crippen molar-refractivity contribution >= 4 is 35.3 Å². The topological polar surface area (TPSA) is 122 Å². The summed E-state index contributed by atoms with van der Waals surface area (Å²) < 4.78 is 16.6. The zero-order valence-corrected chi connectivity index (χ0v) is 20.0. The lowest BCUT2D eigenvalue weighted by Crippen LogP contribution is -2.16. The van der Waals surface area contributed by atoms with Crippen LogP contribution >= 0.6 is 11.8 Å². The third-order valence-electron chi connectivity index (χ3n) is 4.75. The molecule has 0 fully saturated rings. The second-order valence-corrected chi connectivity index (χ2v) is 7.84. The molecule has 0 radical (unpaired) electrons. The summed E-state index contributed by atoms with van der Waals surface area (Å²) in [7, 11) is 4.05. The Morgan fingerprint density at radius 1 is 0.971 bits per heavy atom. The number of nitrogens with zero attached hydrogens (tertiary/aromatic N) is 3. The fourth-order valence-corrected chi connectivity index (χ4v) is 3.96. The fraction of sp³-hybridized carbons (Fsp3) is 0.261. The van der Waals surface area contributed by atoms with Gasteiger partial charge in [-0.25, -0.2) is 9.59 Å². The minimum Gasteiger partial charge on any atom is -0.497 e. The molecule has 0 spiro atoms. The normalized spacial score (nSPS) is 10.5. The van der Waals surface area contributed by atoms with E-state index in [1.165, 1.54) is 44.2 Å². The monoisotopic (exact) mass is 484 g/mol. The number of methoxy groups -OCH3 is 3. The Balaban J connectivity index is 1.75. The van der Waals surface area contributed by atoms with Gasteiger partial charge in [-0.05, 0) is 37.3 Å². The third-order valence-corrected chi connectivity index (χ3v) is 5.72. The quantitative estimate of drug-likeness (QED) is 0.360. The molecule has 0 saturated heterocycles. The van der Waals surface area contributed by atoms with Gasteiger partial charge in [-0.3, -0.25) is 4.79 Å². The number of rotatable bonds is 9. The lowest BCUT2D eigenvalue weighted by Gasteiger charge is -2.10. The van der Waals surface area contributed by atoms with Gasteiger partial charge in [0.1, 0.15) is 5.75 Å². The van der Waals surface area contributed by atoms with Crippen LogP contribution in [0.5, 0.6) is 5.75 Å². The molecule has 3 rings (SSSR count). The predicted octanol–water partition coefficient (Wildman–Crippen LogP) is 3.28. The SMILES string of the molecule is CCn1c(SCC(=O)Nc2cc(C(=O)OC)cc(C(=O)OC)c2)nnc1-c1cccc(OC)c1. The number of benzene rings is 2. The Bertz CT molecular complexity index is 1180. The second kappa shape index (κ2) is 11.3. The van der Waals surface area contributed by atoms with Gasteiger partial charge in [-0.2, -0.15) is 0 Å². The van der Waals surface area contributed by atoms with Gasteiger partial charge in [0, 0.05) is 17.8 Å². The average molecular weight is 485 g/mol. The summed E-state index contributed by atoms with van der Waals surface area (Å²) in [5.74, 6) is -0.230. The minimum atomic E-state index is -0.642. The smallest absolute Gasteiger partial charge is 0.337 e. The van der Waals surface area contributed by atoms with Gasteiger partial charge in [-0.1, -0.05) is 23.9 Å². The van der Waals surface area contributed by atoms with E-state index in [0.717, 1.165) is 5.56 Å². The Hall–Kier alpha value is -3.86. The molecule has 0 saturated carbocycles. The van der Waals surface area contributed by atoms with Crippen molar-refractivity contribution in [2.75, 3.05) is 32.4 Å². The molecule has 1 aromatic heterocycles. The molecule has 10 nitrogen and oxygen atoms in total. The van der Waals surface area contributed by atoms with Crippen molar-refractivity contribution in [3.63, 3.8) is 0 Å². The van der Waals surface area contributed by atoms with E-state index in [9.17, 15) is 14.4 Å². The Morgan fingerprint density at radius 3 is 2.24 bits per heavy atom. The first-order valence-electron chi connectivity index (χ1n) is 10.2. The number of thioether (sulfide) groups is 1. The number of amides is 1. The maximum Gasteiger partial charge on any atom is 0.337 e. The summed E-state index contributed by atoms with van der Waals surface area (Å²) in [5, 5.41) is 11.8. The van der Waals surface area contributed by atoms with Gasteiger partial charge in [0.05, 0.1) is 38.2 Å². The molecule has 1 heterocycles. The van der Waals surface area contributed by atoms with Crippen LogP contribution in [0.3, 0.4) is 0 Å². The van der Waals surface area contributed by atoms with Crippen molar-refractivity contribution in [1.29, 1.82) is 0 Å². The van der Waals surface area contributed by atoms with Crippen LogP contribution in [-0.2, 0) is 20.8 Å². The number of nitrogens with one attached hydrogen (secondary N) is 1. The zero-order chi connectivity index (χ0) is 24.7. The predicted molar refractivity (Wildman–Crippen MR) is 126 cm³/mol. The van der Waals surface area contributed by atoms with Gasteiger partial charge in [0.25, 0.3) is 0 Å². The molecule has 0 aliphatic carbocycles. The lowest BCUT2D eigenvalue weighted by atomic mass is 10.1. The molecule has 0 unspecified atom stereocenters. The maximum absolute atomic E-state index is 12.6. The van der Waals surface area contributed by atoms with E-state index in [1.54, 1.807) is 7.11 Å². The number of aromatic nitrogens is 3.